The molecule has 0 spiro atoms. The van der Waals surface area contributed by atoms with Crippen LogP contribution in [0.1, 0.15) is 32.6 Å². The van der Waals surface area contributed by atoms with Gasteiger partial charge in [-0.25, -0.2) is 0 Å². The van der Waals surface area contributed by atoms with Crippen molar-refractivity contribution >= 4 is 11.8 Å². The zero-order chi connectivity index (χ0) is 19.4. The van der Waals surface area contributed by atoms with Crippen LogP contribution in [0.5, 0.6) is 0 Å². The maximum atomic E-state index is 12.6. The number of amides is 2. The van der Waals surface area contributed by atoms with Crippen LogP contribution in [0.25, 0.3) is 0 Å². The largest absolute Gasteiger partial charge is 0.388 e. The van der Waals surface area contributed by atoms with Crippen LogP contribution < -0.4 is 10.6 Å². The van der Waals surface area contributed by atoms with Gasteiger partial charge in [-0.05, 0) is 25.8 Å². The average molecular weight is 384 g/mol. The van der Waals surface area contributed by atoms with Crippen LogP contribution in [0.3, 0.4) is 0 Å². The summed E-state index contributed by atoms with van der Waals surface area (Å²) in [7, 11) is 0. The van der Waals surface area contributed by atoms with Gasteiger partial charge in [0.25, 0.3) is 0 Å². The van der Waals surface area contributed by atoms with E-state index in [0.717, 1.165) is 26.1 Å². The molecule has 3 aliphatic rings. The second kappa shape index (κ2) is 9.29. The maximum absolute atomic E-state index is 12.6. The molecule has 0 aliphatic carbocycles. The SMILES string of the molecule is CC(=O)NCC1OC(CC(=O)N2CCN(C3CCCCN3)CC2)C(O)C1O. The number of hydrogen-bond donors (Lipinski definition) is 4. The first-order chi connectivity index (χ1) is 13.0. The Labute approximate surface area is 160 Å². The van der Waals surface area contributed by atoms with E-state index in [9.17, 15) is 19.8 Å². The van der Waals surface area contributed by atoms with E-state index in [2.05, 4.69) is 15.5 Å². The highest BCUT2D eigenvalue weighted by Crippen LogP contribution is 2.24. The highest BCUT2D eigenvalue weighted by Gasteiger charge is 2.44. The Morgan fingerprint density at radius 2 is 1.81 bits per heavy atom. The molecule has 2 amide bonds. The van der Waals surface area contributed by atoms with Crippen LogP contribution in [0, 0.1) is 0 Å². The van der Waals surface area contributed by atoms with E-state index >= 15 is 0 Å². The number of piperazine rings is 1. The molecule has 4 N–H and O–H groups in total. The van der Waals surface area contributed by atoms with E-state index < -0.39 is 24.4 Å². The van der Waals surface area contributed by atoms with E-state index in [1.54, 1.807) is 0 Å². The maximum Gasteiger partial charge on any atom is 0.225 e. The normalized spacial score (nSPS) is 35.2. The Morgan fingerprint density at radius 1 is 1.11 bits per heavy atom. The number of rotatable bonds is 5. The summed E-state index contributed by atoms with van der Waals surface area (Å²) in [6, 6.07) is 0. The number of aliphatic hydroxyl groups excluding tert-OH is 2. The van der Waals surface area contributed by atoms with Crippen molar-refractivity contribution < 1.29 is 24.5 Å². The quantitative estimate of drug-likeness (QED) is 0.444. The first-order valence-corrected chi connectivity index (χ1v) is 9.97. The molecule has 3 fully saturated rings. The molecule has 9 heteroatoms. The predicted molar refractivity (Wildman–Crippen MR) is 97.8 cm³/mol. The number of nitrogens with one attached hydrogen (secondary N) is 2. The monoisotopic (exact) mass is 384 g/mol. The fourth-order valence-corrected chi connectivity index (χ4v) is 4.14. The van der Waals surface area contributed by atoms with Crippen molar-refractivity contribution in [3.8, 4) is 0 Å². The number of piperidine rings is 1. The van der Waals surface area contributed by atoms with Gasteiger partial charge in [-0.15, -0.1) is 0 Å². The summed E-state index contributed by atoms with van der Waals surface area (Å²) in [4.78, 5) is 27.8. The van der Waals surface area contributed by atoms with Crippen molar-refractivity contribution in [3.63, 3.8) is 0 Å². The molecule has 5 atom stereocenters. The minimum absolute atomic E-state index is 0.0382. The summed E-state index contributed by atoms with van der Waals surface area (Å²) in [5, 5.41) is 26.4. The van der Waals surface area contributed by atoms with Crippen molar-refractivity contribution in [3.05, 3.63) is 0 Å². The number of aliphatic hydroxyl groups is 2. The van der Waals surface area contributed by atoms with Gasteiger partial charge in [0.1, 0.15) is 18.3 Å². The molecular formula is C18H32N4O5. The summed E-state index contributed by atoms with van der Waals surface area (Å²) in [5.74, 6) is -0.298. The van der Waals surface area contributed by atoms with Crippen LogP contribution in [0.2, 0.25) is 0 Å². The standard InChI is InChI=1S/C18H32N4O5/c1-12(23)20-11-14-18(26)17(25)13(27-14)10-16(24)22-8-6-21(7-9-22)15-4-2-3-5-19-15/h13-15,17-19,25-26H,2-11H2,1H3,(H,20,23). The summed E-state index contributed by atoms with van der Waals surface area (Å²) in [6.45, 7) is 5.56. The van der Waals surface area contributed by atoms with E-state index in [1.165, 1.54) is 19.8 Å². The number of carbonyl (C=O) groups excluding carboxylic acids is 2. The highest BCUT2D eigenvalue weighted by molar-refractivity contribution is 5.77. The number of ether oxygens (including phenoxy) is 1. The molecule has 0 bridgehead atoms. The van der Waals surface area contributed by atoms with Crippen molar-refractivity contribution in [1.82, 2.24) is 20.4 Å². The molecule has 3 saturated heterocycles. The van der Waals surface area contributed by atoms with E-state index in [-0.39, 0.29) is 24.8 Å². The molecular weight excluding hydrogens is 352 g/mol. The summed E-state index contributed by atoms with van der Waals surface area (Å²) < 4.78 is 5.63. The van der Waals surface area contributed by atoms with E-state index in [0.29, 0.717) is 19.3 Å². The summed E-state index contributed by atoms with van der Waals surface area (Å²) in [6.07, 6.45) is 0.411. The van der Waals surface area contributed by atoms with Gasteiger partial charge in [-0.1, -0.05) is 0 Å². The molecule has 3 aliphatic heterocycles. The molecule has 0 aromatic carbocycles. The zero-order valence-electron chi connectivity index (χ0n) is 16.0. The van der Waals surface area contributed by atoms with E-state index in [4.69, 9.17) is 4.74 Å². The molecule has 0 aromatic rings. The van der Waals surface area contributed by atoms with Gasteiger partial charge in [0.05, 0.1) is 18.7 Å². The fraction of sp³-hybridized carbons (Fsp3) is 0.889. The van der Waals surface area contributed by atoms with Gasteiger partial charge < -0.3 is 30.5 Å². The Balaban J connectivity index is 1.44. The zero-order valence-corrected chi connectivity index (χ0v) is 16.0. The lowest BCUT2D eigenvalue weighted by Gasteiger charge is -2.41. The summed E-state index contributed by atoms with van der Waals surface area (Å²) >= 11 is 0. The van der Waals surface area contributed by atoms with Gasteiger partial charge in [-0.3, -0.25) is 14.5 Å². The topological polar surface area (TPSA) is 114 Å². The Hall–Kier alpha value is -1.26. The third-order valence-corrected chi connectivity index (χ3v) is 5.78. The number of carbonyl (C=O) groups is 2. The van der Waals surface area contributed by atoms with Gasteiger partial charge in [0.2, 0.25) is 11.8 Å². The third kappa shape index (κ3) is 5.17. The van der Waals surface area contributed by atoms with Crippen LogP contribution in [0.4, 0.5) is 0 Å². The van der Waals surface area contributed by atoms with Gasteiger partial charge >= 0.3 is 0 Å². The van der Waals surface area contributed by atoms with Crippen LogP contribution in [-0.2, 0) is 14.3 Å². The molecule has 27 heavy (non-hydrogen) atoms. The van der Waals surface area contributed by atoms with Crippen molar-refractivity contribution in [2.75, 3.05) is 39.3 Å². The Bertz CT molecular complexity index is 520. The van der Waals surface area contributed by atoms with Gasteiger partial charge in [-0.2, -0.15) is 0 Å². The Kier molecular flexibility index (Phi) is 7.04. The molecule has 0 saturated carbocycles. The average Bonchev–Trinajstić information content (AvgIpc) is 2.95. The molecule has 9 nitrogen and oxygen atoms in total. The van der Waals surface area contributed by atoms with Crippen molar-refractivity contribution in [2.45, 2.75) is 63.2 Å². The summed E-state index contributed by atoms with van der Waals surface area (Å²) in [5.41, 5.74) is 0. The second-order valence-electron chi connectivity index (χ2n) is 7.72. The predicted octanol–water partition coefficient (Wildman–Crippen LogP) is -1.75. The molecule has 3 heterocycles. The minimum atomic E-state index is -1.12. The number of hydrogen-bond acceptors (Lipinski definition) is 7. The van der Waals surface area contributed by atoms with Crippen molar-refractivity contribution in [1.29, 1.82) is 0 Å². The lowest BCUT2D eigenvalue weighted by Crippen LogP contribution is -2.57. The van der Waals surface area contributed by atoms with Gasteiger partial charge in [0.15, 0.2) is 0 Å². The number of nitrogens with zero attached hydrogens (tertiary/aromatic N) is 2. The molecule has 5 unspecified atom stereocenters. The van der Waals surface area contributed by atoms with Gasteiger partial charge in [0, 0.05) is 39.6 Å². The van der Waals surface area contributed by atoms with E-state index in [1.807, 2.05) is 4.90 Å². The smallest absolute Gasteiger partial charge is 0.225 e. The molecule has 0 aromatic heterocycles. The lowest BCUT2D eigenvalue weighted by atomic mass is 10.0. The molecule has 0 radical (unpaired) electrons. The molecule has 154 valence electrons. The van der Waals surface area contributed by atoms with Crippen molar-refractivity contribution in [2.24, 2.45) is 0 Å². The third-order valence-electron chi connectivity index (χ3n) is 5.78. The minimum Gasteiger partial charge on any atom is -0.388 e. The Morgan fingerprint density at radius 3 is 2.44 bits per heavy atom. The fourth-order valence-electron chi connectivity index (χ4n) is 4.14. The first-order valence-electron chi connectivity index (χ1n) is 9.97. The first kappa shape index (κ1) is 20.5. The highest BCUT2D eigenvalue weighted by atomic mass is 16.5. The lowest BCUT2D eigenvalue weighted by molar-refractivity contribution is -0.137. The van der Waals surface area contributed by atoms with Crippen LogP contribution >= 0.6 is 0 Å². The second-order valence-corrected chi connectivity index (χ2v) is 7.72. The van der Waals surface area contributed by atoms with Crippen LogP contribution in [0.15, 0.2) is 0 Å². The van der Waals surface area contributed by atoms with Crippen LogP contribution in [-0.4, -0.2) is 102 Å². The molecule has 3 rings (SSSR count).